The van der Waals surface area contributed by atoms with E-state index in [9.17, 15) is 4.79 Å². The Morgan fingerprint density at radius 2 is 2.10 bits per heavy atom. The number of nitrogens with one attached hydrogen (secondary N) is 1. The Kier molecular flexibility index (Phi) is 2.47. The Hall–Kier alpha value is -0.810. The smallest absolute Gasteiger partial charge is 0.357 e. The second-order valence-electron chi connectivity index (χ2n) is 2.12. The number of piperazine rings is 1. The maximum absolute atomic E-state index is 10.7. The fraction of sp³-hybridized carbons (Fsp3) is 0.800. The van der Waals surface area contributed by atoms with Gasteiger partial charge in [0.2, 0.25) is 0 Å². The van der Waals surface area contributed by atoms with Crippen LogP contribution in [-0.2, 0) is 4.84 Å². The van der Waals surface area contributed by atoms with Crippen molar-refractivity contribution < 1.29 is 9.63 Å². The molecule has 0 atom stereocenters. The summed E-state index contributed by atoms with van der Waals surface area (Å²) >= 11 is 0. The predicted molar refractivity (Wildman–Crippen MR) is 35.1 cm³/mol. The number of nitrogens with zero attached hydrogens (tertiary/aromatic N) is 1. The largest absolute Gasteiger partial charge is 0.428 e. The van der Waals surface area contributed by atoms with Gasteiger partial charge in [-0.25, -0.2) is 4.79 Å². The SMILES string of the molecule is NOC(=O)N1CCNCC1. The van der Waals surface area contributed by atoms with Gasteiger partial charge in [0, 0.05) is 26.2 Å². The fourth-order valence-electron chi connectivity index (χ4n) is 0.922. The molecule has 5 heteroatoms. The minimum Gasteiger partial charge on any atom is -0.357 e. The van der Waals surface area contributed by atoms with E-state index in [2.05, 4.69) is 10.2 Å². The first-order valence-corrected chi connectivity index (χ1v) is 3.21. The Bertz CT molecular complexity index is 122. The molecule has 0 saturated carbocycles. The van der Waals surface area contributed by atoms with Crippen LogP contribution in [0.15, 0.2) is 0 Å². The zero-order valence-corrected chi connectivity index (χ0v) is 5.67. The molecule has 5 nitrogen and oxygen atoms in total. The van der Waals surface area contributed by atoms with Gasteiger partial charge in [-0.3, -0.25) is 0 Å². The molecular formula is C5H11N3O2. The van der Waals surface area contributed by atoms with Gasteiger partial charge >= 0.3 is 6.09 Å². The molecule has 1 aliphatic heterocycles. The highest BCUT2D eigenvalue weighted by Crippen LogP contribution is 1.93. The number of hydrogen-bond donors (Lipinski definition) is 2. The number of carbonyl (C=O) groups excluding carboxylic acids is 1. The first-order valence-electron chi connectivity index (χ1n) is 3.21. The average Bonchev–Trinajstić information content (AvgIpc) is 2.05. The lowest BCUT2D eigenvalue weighted by atomic mass is 10.4. The van der Waals surface area contributed by atoms with Crippen LogP contribution < -0.4 is 11.2 Å². The number of carbonyl (C=O) groups is 1. The molecule has 0 spiro atoms. The molecule has 3 N–H and O–H groups in total. The van der Waals surface area contributed by atoms with E-state index in [-0.39, 0.29) is 0 Å². The van der Waals surface area contributed by atoms with E-state index in [0.717, 1.165) is 13.1 Å². The highest BCUT2D eigenvalue weighted by atomic mass is 16.7. The highest BCUT2D eigenvalue weighted by molar-refractivity contribution is 5.67. The van der Waals surface area contributed by atoms with Crippen molar-refractivity contribution in [3.8, 4) is 0 Å². The minimum absolute atomic E-state index is 0.443. The van der Waals surface area contributed by atoms with E-state index in [1.807, 2.05) is 0 Å². The van der Waals surface area contributed by atoms with Crippen molar-refractivity contribution in [2.75, 3.05) is 26.2 Å². The summed E-state index contributed by atoms with van der Waals surface area (Å²) in [6, 6.07) is 0. The molecule has 0 unspecified atom stereocenters. The molecule has 0 aromatic carbocycles. The molecule has 1 rings (SSSR count). The Labute approximate surface area is 59.1 Å². The summed E-state index contributed by atoms with van der Waals surface area (Å²) in [5.41, 5.74) is 0. The molecule has 0 aliphatic carbocycles. The molecule has 1 fully saturated rings. The number of nitrogens with two attached hydrogens (primary N) is 1. The van der Waals surface area contributed by atoms with Gasteiger partial charge in [-0.15, -0.1) is 0 Å². The lowest BCUT2D eigenvalue weighted by molar-refractivity contribution is 0.0982. The molecule has 10 heavy (non-hydrogen) atoms. The lowest BCUT2D eigenvalue weighted by Crippen LogP contribution is -2.47. The van der Waals surface area contributed by atoms with E-state index in [0.29, 0.717) is 13.1 Å². The summed E-state index contributed by atoms with van der Waals surface area (Å²) in [7, 11) is 0. The van der Waals surface area contributed by atoms with Gasteiger partial charge in [0.25, 0.3) is 0 Å². The Morgan fingerprint density at radius 3 is 2.60 bits per heavy atom. The average molecular weight is 145 g/mol. The van der Waals surface area contributed by atoms with Crippen LogP contribution in [0.2, 0.25) is 0 Å². The topological polar surface area (TPSA) is 67.6 Å². The molecule has 0 aromatic rings. The van der Waals surface area contributed by atoms with Crippen molar-refractivity contribution >= 4 is 6.09 Å². The second-order valence-corrected chi connectivity index (χ2v) is 2.12. The minimum atomic E-state index is -0.443. The van der Waals surface area contributed by atoms with Crippen molar-refractivity contribution in [2.24, 2.45) is 5.90 Å². The molecular weight excluding hydrogens is 134 g/mol. The van der Waals surface area contributed by atoms with Crippen LogP contribution in [0.25, 0.3) is 0 Å². The molecule has 0 aromatic heterocycles. The van der Waals surface area contributed by atoms with Crippen molar-refractivity contribution in [2.45, 2.75) is 0 Å². The molecule has 58 valence electrons. The van der Waals surface area contributed by atoms with Crippen molar-refractivity contribution in [3.63, 3.8) is 0 Å². The summed E-state index contributed by atoms with van der Waals surface area (Å²) in [4.78, 5) is 16.3. The maximum Gasteiger partial charge on any atom is 0.428 e. The van der Waals surface area contributed by atoms with E-state index in [4.69, 9.17) is 5.90 Å². The molecule has 0 bridgehead atoms. The second kappa shape index (κ2) is 3.38. The van der Waals surface area contributed by atoms with Crippen LogP contribution in [-0.4, -0.2) is 37.2 Å². The lowest BCUT2D eigenvalue weighted by Gasteiger charge is -2.25. The highest BCUT2D eigenvalue weighted by Gasteiger charge is 2.15. The molecule has 0 radical (unpaired) electrons. The third-order valence-electron chi connectivity index (χ3n) is 1.48. The predicted octanol–water partition coefficient (Wildman–Crippen LogP) is -1.10. The standard InChI is InChI=1S/C5H11N3O2/c6-10-5(9)8-3-1-7-2-4-8/h7H,1-4,6H2. The maximum atomic E-state index is 10.7. The first kappa shape index (κ1) is 7.30. The quantitative estimate of drug-likeness (QED) is 0.425. The third-order valence-corrected chi connectivity index (χ3v) is 1.48. The van der Waals surface area contributed by atoms with Gasteiger partial charge in [-0.2, -0.15) is 5.90 Å². The number of hydrogen-bond acceptors (Lipinski definition) is 4. The van der Waals surface area contributed by atoms with Crippen LogP contribution in [0.3, 0.4) is 0 Å². The van der Waals surface area contributed by atoms with Crippen LogP contribution in [0.5, 0.6) is 0 Å². The Morgan fingerprint density at radius 1 is 1.50 bits per heavy atom. The van der Waals surface area contributed by atoms with Crippen molar-refractivity contribution in [3.05, 3.63) is 0 Å². The zero-order chi connectivity index (χ0) is 7.40. The summed E-state index contributed by atoms with van der Waals surface area (Å²) in [5.74, 6) is 4.69. The molecule has 1 saturated heterocycles. The van der Waals surface area contributed by atoms with Crippen molar-refractivity contribution in [1.82, 2.24) is 10.2 Å². The van der Waals surface area contributed by atoms with Crippen LogP contribution >= 0.6 is 0 Å². The normalized spacial score (nSPS) is 18.7. The first-order chi connectivity index (χ1) is 4.84. The van der Waals surface area contributed by atoms with Gasteiger partial charge in [0.05, 0.1) is 0 Å². The number of amides is 1. The van der Waals surface area contributed by atoms with E-state index in [1.165, 1.54) is 0 Å². The van der Waals surface area contributed by atoms with E-state index < -0.39 is 6.09 Å². The monoisotopic (exact) mass is 145 g/mol. The fourth-order valence-corrected chi connectivity index (χ4v) is 0.922. The zero-order valence-electron chi connectivity index (χ0n) is 5.67. The van der Waals surface area contributed by atoms with E-state index in [1.54, 1.807) is 4.90 Å². The summed E-state index contributed by atoms with van der Waals surface area (Å²) in [6.07, 6.45) is -0.443. The summed E-state index contributed by atoms with van der Waals surface area (Å²) in [5, 5.41) is 3.10. The van der Waals surface area contributed by atoms with Crippen LogP contribution in [0.4, 0.5) is 4.79 Å². The van der Waals surface area contributed by atoms with Crippen LogP contribution in [0, 0.1) is 0 Å². The van der Waals surface area contributed by atoms with Crippen molar-refractivity contribution in [1.29, 1.82) is 0 Å². The molecule has 1 heterocycles. The van der Waals surface area contributed by atoms with Gasteiger partial charge < -0.3 is 15.1 Å². The Balaban J connectivity index is 2.31. The third kappa shape index (κ3) is 1.58. The molecule has 1 amide bonds. The van der Waals surface area contributed by atoms with Gasteiger partial charge in [-0.05, 0) is 0 Å². The van der Waals surface area contributed by atoms with E-state index >= 15 is 0 Å². The summed E-state index contributed by atoms with van der Waals surface area (Å²) < 4.78 is 0. The van der Waals surface area contributed by atoms with Gasteiger partial charge in [0.1, 0.15) is 0 Å². The van der Waals surface area contributed by atoms with Crippen LogP contribution in [0.1, 0.15) is 0 Å². The van der Waals surface area contributed by atoms with Gasteiger partial charge in [0.15, 0.2) is 0 Å². The molecule has 1 aliphatic rings. The summed E-state index contributed by atoms with van der Waals surface area (Å²) in [6.45, 7) is 2.98. The van der Waals surface area contributed by atoms with Gasteiger partial charge in [-0.1, -0.05) is 0 Å². The number of rotatable bonds is 0.